The van der Waals surface area contributed by atoms with Crippen LogP contribution in [0, 0.1) is 0 Å². The largest absolute Gasteiger partial charge is 0.459 e. The van der Waals surface area contributed by atoms with Gasteiger partial charge >= 0.3 is 11.9 Å². The first-order valence-electron chi connectivity index (χ1n) is 6.57. The Hall–Kier alpha value is -2.14. The Balaban J connectivity index is 1.91. The van der Waals surface area contributed by atoms with Crippen molar-refractivity contribution < 1.29 is 19.1 Å². The molecule has 110 valence electrons. The van der Waals surface area contributed by atoms with Crippen LogP contribution in [0.15, 0.2) is 41.8 Å². The van der Waals surface area contributed by atoms with Gasteiger partial charge in [0.2, 0.25) is 0 Å². The molecule has 1 aromatic carbocycles. The Kier molecular flexibility index (Phi) is 5.11. The molecular weight excluding hydrogens is 288 g/mol. The van der Waals surface area contributed by atoms with Crippen molar-refractivity contribution in [2.45, 2.75) is 26.6 Å². The quantitative estimate of drug-likeness (QED) is 0.791. The molecule has 1 heterocycles. The average molecular weight is 304 g/mol. The molecule has 2 aromatic rings. The first-order chi connectivity index (χ1) is 10.1. The minimum absolute atomic E-state index is 0.149. The minimum Gasteiger partial charge on any atom is -0.459 e. The molecule has 0 spiro atoms. The van der Waals surface area contributed by atoms with Crippen molar-refractivity contribution in [3.05, 3.63) is 57.8 Å². The number of ether oxygens (including phenoxy) is 2. The predicted molar refractivity (Wildman–Crippen MR) is 80.4 cm³/mol. The van der Waals surface area contributed by atoms with E-state index < -0.39 is 0 Å². The van der Waals surface area contributed by atoms with Gasteiger partial charge in [0.25, 0.3) is 0 Å². The van der Waals surface area contributed by atoms with E-state index >= 15 is 0 Å². The molecule has 0 amide bonds. The van der Waals surface area contributed by atoms with Crippen LogP contribution in [0.4, 0.5) is 0 Å². The molecule has 0 aliphatic rings. The molecule has 0 unspecified atom stereocenters. The van der Waals surface area contributed by atoms with Crippen molar-refractivity contribution >= 4 is 23.3 Å². The van der Waals surface area contributed by atoms with Gasteiger partial charge in [-0.3, -0.25) is 0 Å². The van der Waals surface area contributed by atoms with Gasteiger partial charge in [-0.15, -0.1) is 11.3 Å². The summed E-state index contributed by atoms with van der Waals surface area (Å²) in [5, 5.41) is 1.83. The van der Waals surface area contributed by atoms with Crippen LogP contribution in [-0.4, -0.2) is 18.0 Å². The number of carbonyl (C=O) groups excluding carboxylic acids is 2. The first kappa shape index (κ1) is 15.3. The lowest BCUT2D eigenvalue weighted by molar-refractivity contribution is 0.0376. The van der Waals surface area contributed by atoms with E-state index in [-0.39, 0.29) is 24.6 Å². The zero-order valence-electron chi connectivity index (χ0n) is 11.9. The first-order valence-corrected chi connectivity index (χ1v) is 7.45. The van der Waals surface area contributed by atoms with E-state index in [4.69, 9.17) is 9.47 Å². The average Bonchev–Trinajstić information content (AvgIpc) is 2.99. The lowest BCUT2D eigenvalue weighted by Crippen LogP contribution is -2.11. The van der Waals surface area contributed by atoms with Gasteiger partial charge in [-0.2, -0.15) is 0 Å². The second-order valence-electron chi connectivity index (χ2n) is 4.70. The van der Waals surface area contributed by atoms with Gasteiger partial charge in [-0.05, 0) is 43.0 Å². The summed E-state index contributed by atoms with van der Waals surface area (Å²) in [6.07, 6.45) is -0.149. The summed E-state index contributed by atoms with van der Waals surface area (Å²) in [5.41, 5.74) is 1.30. The fourth-order valence-corrected chi connectivity index (χ4v) is 2.25. The molecule has 1 aromatic heterocycles. The molecule has 21 heavy (non-hydrogen) atoms. The van der Waals surface area contributed by atoms with Crippen LogP contribution < -0.4 is 0 Å². The van der Waals surface area contributed by atoms with E-state index in [9.17, 15) is 9.59 Å². The van der Waals surface area contributed by atoms with Gasteiger partial charge in [0.05, 0.1) is 11.7 Å². The second-order valence-corrected chi connectivity index (χ2v) is 5.65. The summed E-state index contributed by atoms with van der Waals surface area (Å²) in [6, 6.07) is 10.4. The third-order valence-corrected chi connectivity index (χ3v) is 3.47. The molecule has 0 saturated heterocycles. The van der Waals surface area contributed by atoms with Crippen LogP contribution in [0.5, 0.6) is 0 Å². The second kappa shape index (κ2) is 7.04. The van der Waals surface area contributed by atoms with E-state index in [1.807, 2.05) is 5.38 Å². The minimum atomic E-state index is -0.355. The van der Waals surface area contributed by atoms with Crippen LogP contribution >= 0.6 is 11.3 Å². The van der Waals surface area contributed by atoms with Crippen LogP contribution in [0.2, 0.25) is 0 Å². The number of benzene rings is 1. The summed E-state index contributed by atoms with van der Waals surface area (Å²) in [4.78, 5) is 23.9. The van der Waals surface area contributed by atoms with Crippen LogP contribution in [0.1, 0.15) is 39.4 Å². The Morgan fingerprint density at radius 1 is 1.10 bits per heavy atom. The standard InChI is InChI=1S/C16H16O4S/c1-11(2)20-15(17)13-7-5-12(6-8-13)10-19-16(18)14-4-3-9-21-14/h3-9,11H,10H2,1-2H3. The van der Waals surface area contributed by atoms with E-state index in [0.29, 0.717) is 10.4 Å². The van der Waals surface area contributed by atoms with Gasteiger partial charge < -0.3 is 9.47 Å². The van der Waals surface area contributed by atoms with Crippen LogP contribution in [0.3, 0.4) is 0 Å². The van der Waals surface area contributed by atoms with Gasteiger partial charge in [0.1, 0.15) is 11.5 Å². The topological polar surface area (TPSA) is 52.6 Å². The third-order valence-electron chi connectivity index (χ3n) is 2.62. The number of thiophene rings is 1. The lowest BCUT2D eigenvalue weighted by Gasteiger charge is -2.08. The highest BCUT2D eigenvalue weighted by atomic mass is 32.1. The monoisotopic (exact) mass is 304 g/mol. The van der Waals surface area contributed by atoms with E-state index in [1.165, 1.54) is 11.3 Å². The van der Waals surface area contributed by atoms with Crippen molar-refractivity contribution in [2.24, 2.45) is 0 Å². The van der Waals surface area contributed by atoms with Gasteiger partial charge in [0.15, 0.2) is 0 Å². The van der Waals surface area contributed by atoms with Crippen molar-refractivity contribution in [1.82, 2.24) is 0 Å². The highest BCUT2D eigenvalue weighted by molar-refractivity contribution is 7.11. The number of carbonyl (C=O) groups is 2. The maximum absolute atomic E-state index is 11.7. The molecule has 0 bridgehead atoms. The Morgan fingerprint density at radius 3 is 2.38 bits per heavy atom. The fraction of sp³-hybridized carbons (Fsp3) is 0.250. The van der Waals surface area contributed by atoms with Gasteiger partial charge in [-0.25, -0.2) is 9.59 Å². The molecule has 0 aliphatic heterocycles. The van der Waals surface area contributed by atoms with Crippen molar-refractivity contribution in [1.29, 1.82) is 0 Å². The lowest BCUT2D eigenvalue weighted by atomic mass is 10.1. The molecule has 5 heteroatoms. The van der Waals surface area contributed by atoms with Crippen LogP contribution in [-0.2, 0) is 16.1 Å². The maximum atomic E-state index is 11.7. The van der Waals surface area contributed by atoms with E-state index in [1.54, 1.807) is 50.2 Å². The van der Waals surface area contributed by atoms with Gasteiger partial charge in [0, 0.05) is 0 Å². The van der Waals surface area contributed by atoms with Crippen molar-refractivity contribution in [3.8, 4) is 0 Å². The third kappa shape index (κ3) is 4.43. The normalized spacial score (nSPS) is 10.4. The molecule has 0 fully saturated rings. The number of esters is 2. The van der Waals surface area contributed by atoms with E-state index in [2.05, 4.69) is 0 Å². The molecule has 0 atom stereocenters. The summed E-state index contributed by atoms with van der Waals surface area (Å²) in [6.45, 7) is 3.78. The summed E-state index contributed by atoms with van der Waals surface area (Å²) < 4.78 is 10.3. The zero-order chi connectivity index (χ0) is 15.2. The zero-order valence-corrected chi connectivity index (χ0v) is 12.7. The fourth-order valence-electron chi connectivity index (χ4n) is 1.63. The van der Waals surface area contributed by atoms with Crippen LogP contribution in [0.25, 0.3) is 0 Å². The Morgan fingerprint density at radius 2 is 1.81 bits per heavy atom. The molecule has 4 nitrogen and oxygen atoms in total. The Bertz CT molecular complexity index is 600. The number of rotatable bonds is 5. The van der Waals surface area contributed by atoms with Crippen molar-refractivity contribution in [2.75, 3.05) is 0 Å². The predicted octanol–water partition coefficient (Wildman–Crippen LogP) is 3.67. The van der Waals surface area contributed by atoms with E-state index in [0.717, 1.165) is 5.56 Å². The molecule has 0 radical (unpaired) electrons. The molecule has 0 N–H and O–H groups in total. The van der Waals surface area contributed by atoms with Gasteiger partial charge in [-0.1, -0.05) is 18.2 Å². The molecular formula is C16H16O4S. The molecule has 0 aliphatic carbocycles. The highest BCUT2D eigenvalue weighted by Crippen LogP contribution is 2.13. The Labute approximate surface area is 127 Å². The summed E-state index contributed by atoms with van der Waals surface area (Å²) >= 11 is 1.34. The summed E-state index contributed by atoms with van der Waals surface area (Å²) in [7, 11) is 0. The smallest absolute Gasteiger partial charge is 0.348 e. The molecule has 2 rings (SSSR count). The highest BCUT2D eigenvalue weighted by Gasteiger charge is 2.10. The number of hydrogen-bond donors (Lipinski definition) is 0. The SMILES string of the molecule is CC(C)OC(=O)c1ccc(COC(=O)c2cccs2)cc1. The number of hydrogen-bond acceptors (Lipinski definition) is 5. The molecule has 0 saturated carbocycles. The summed E-state index contributed by atoms with van der Waals surface area (Å²) in [5.74, 6) is -0.694. The maximum Gasteiger partial charge on any atom is 0.348 e. The van der Waals surface area contributed by atoms with Crippen molar-refractivity contribution in [3.63, 3.8) is 0 Å².